The molecule has 0 aliphatic heterocycles. The molecule has 2 rings (SSSR count). The number of hydrogen-bond donors (Lipinski definition) is 2. The van der Waals surface area contributed by atoms with Crippen molar-refractivity contribution in [3.8, 4) is 5.75 Å². The molecule has 0 aliphatic rings. The van der Waals surface area contributed by atoms with E-state index < -0.39 is 6.04 Å². The largest absolute Gasteiger partial charge is 0.503 e. The van der Waals surface area contributed by atoms with E-state index in [1.165, 1.54) is 6.20 Å². The summed E-state index contributed by atoms with van der Waals surface area (Å²) in [5.41, 5.74) is 0.737. The first-order chi connectivity index (χ1) is 9.06. The van der Waals surface area contributed by atoms with Gasteiger partial charge in [-0.2, -0.15) is 4.57 Å². The first-order valence-electron chi connectivity index (χ1n) is 5.82. The fraction of sp³-hybridized carbons (Fsp3) is 0.143. The van der Waals surface area contributed by atoms with Gasteiger partial charge in [0.25, 0.3) is 5.91 Å². The summed E-state index contributed by atoms with van der Waals surface area (Å²) in [6, 6.07) is 10.2. The van der Waals surface area contributed by atoms with Crippen molar-refractivity contribution in [2.75, 3.05) is 5.32 Å². The van der Waals surface area contributed by atoms with Crippen LogP contribution < -0.4 is 9.88 Å². The zero-order chi connectivity index (χ0) is 13.8. The number of carbonyl (C=O) groups excluding carboxylic acids is 1. The van der Waals surface area contributed by atoms with Crippen LogP contribution in [0, 0.1) is 0 Å². The lowest BCUT2D eigenvalue weighted by Gasteiger charge is -2.08. The van der Waals surface area contributed by atoms with Crippen LogP contribution in [0.2, 0.25) is 0 Å². The molecule has 0 fully saturated rings. The molecule has 0 aliphatic carbocycles. The summed E-state index contributed by atoms with van der Waals surface area (Å²) in [7, 11) is 0. The molecule has 0 saturated carbocycles. The van der Waals surface area contributed by atoms with E-state index in [1.807, 2.05) is 24.3 Å². The highest BCUT2D eigenvalue weighted by atomic mass is 79.9. The van der Waals surface area contributed by atoms with Gasteiger partial charge in [-0.3, -0.25) is 4.79 Å². The van der Waals surface area contributed by atoms with E-state index in [0.29, 0.717) is 0 Å². The number of rotatable bonds is 3. The van der Waals surface area contributed by atoms with Crippen LogP contribution in [0.15, 0.2) is 53.3 Å². The van der Waals surface area contributed by atoms with Crippen LogP contribution in [0.1, 0.15) is 13.0 Å². The smallest absolute Gasteiger partial charge is 0.293 e. The SMILES string of the molecule is C[C@H](C(=O)Nc1ccc(Br)cc1)[n+]1cccc(O)c1. The summed E-state index contributed by atoms with van der Waals surface area (Å²) in [6.07, 6.45) is 3.26. The van der Waals surface area contributed by atoms with Crippen molar-refractivity contribution in [2.45, 2.75) is 13.0 Å². The monoisotopic (exact) mass is 321 g/mol. The first kappa shape index (κ1) is 13.5. The zero-order valence-electron chi connectivity index (χ0n) is 10.4. The van der Waals surface area contributed by atoms with Crippen LogP contribution in [0.5, 0.6) is 5.75 Å². The lowest BCUT2D eigenvalue weighted by Crippen LogP contribution is -2.43. The molecule has 1 atom stereocenters. The summed E-state index contributed by atoms with van der Waals surface area (Å²) in [5.74, 6) is -0.0104. The van der Waals surface area contributed by atoms with Crippen molar-refractivity contribution in [1.29, 1.82) is 0 Å². The average molecular weight is 322 g/mol. The topological polar surface area (TPSA) is 53.2 Å². The maximum Gasteiger partial charge on any atom is 0.293 e. The van der Waals surface area contributed by atoms with Gasteiger partial charge in [-0.15, -0.1) is 0 Å². The quantitative estimate of drug-likeness (QED) is 0.854. The summed E-state index contributed by atoms with van der Waals surface area (Å²) < 4.78 is 2.62. The van der Waals surface area contributed by atoms with Gasteiger partial charge in [0.15, 0.2) is 11.9 Å². The molecule has 0 spiro atoms. The van der Waals surface area contributed by atoms with E-state index in [-0.39, 0.29) is 11.7 Å². The maximum absolute atomic E-state index is 12.1. The Bertz CT molecular complexity index is 584. The molecule has 0 radical (unpaired) electrons. The minimum atomic E-state index is -0.407. The molecule has 2 aromatic rings. The van der Waals surface area contributed by atoms with Gasteiger partial charge in [0.2, 0.25) is 12.2 Å². The fourth-order valence-electron chi connectivity index (χ4n) is 1.64. The van der Waals surface area contributed by atoms with Gasteiger partial charge in [-0.05, 0) is 30.3 Å². The zero-order valence-corrected chi connectivity index (χ0v) is 12.0. The normalized spacial score (nSPS) is 11.9. The Hall–Kier alpha value is -1.88. The van der Waals surface area contributed by atoms with Crippen molar-refractivity contribution in [1.82, 2.24) is 0 Å². The van der Waals surface area contributed by atoms with Crippen molar-refractivity contribution in [3.05, 3.63) is 53.3 Å². The van der Waals surface area contributed by atoms with E-state index in [1.54, 1.807) is 29.8 Å². The first-order valence-corrected chi connectivity index (χ1v) is 6.62. The maximum atomic E-state index is 12.1. The van der Waals surface area contributed by atoms with Crippen molar-refractivity contribution >= 4 is 27.5 Å². The van der Waals surface area contributed by atoms with Crippen LogP contribution in [0.4, 0.5) is 5.69 Å². The standard InChI is InChI=1S/C14H13BrN2O2/c1-10(17-8-2-3-13(18)9-17)14(19)16-12-6-4-11(15)5-7-12/h2-10H,1H3,(H-,16,18,19)/p+1/t10-/m1/s1. The summed E-state index contributed by atoms with van der Waals surface area (Å²) >= 11 is 3.34. The number of amides is 1. The molecule has 4 nitrogen and oxygen atoms in total. The fourth-order valence-corrected chi connectivity index (χ4v) is 1.90. The lowest BCUT2D eigenvalue weighted by atomic mass is 10.2. The number of aromatic hydroxyl groups is 1. The highest BCUT2D eigenvalue weighted by molar-refractivity contribution is 9.10. The number of anilines is 1. The summed E-state index contributed by atoms with van der Waals surface area (Å²) in [5, 5.41) is 12.2. The molecule has 1 amide bonds. The number of aromatic nitrogens is 1. The number of nitrogens with zero attached hydrogens (tertiary/aromatic N) is 1. The number of nitrogens with one attached hydrogen (secondary N) is 1. The Morgan fingerprint density at radius 3 is 2.63 bits per heavy atom. The molecule has 0 bridgehead atoms. The Kier molecular flexibility index (Phi) is 4.16. The summed E-state index contributed by atoms with van der Waals surface area (Å²) in [4.78, 5) is 12.1. The molecule has 2 N–H and O–H groups in total. The molecule has 5 heteroatoms. The predicted molar refractivity (Wildman–Crippen MR) is 75.8 cm³/mol. The molecule has 0 unspecified atom stereocenters. The van der Waals surface area contributed by atoms with Gasteiger partial charge < -0.3 is 10.4 Å². The summed E-state index contributed by atoms with van der Waals surface area (Å²) in [6.45, 7) is 1.77. The molecular weight excluding hydrogens is 308 g/mol. The van der Waals surface area contributed by atoms with E-state index >= 15 is 0 Å². The van der Waals surface area contributed by atoms with E-state index in [2.05, 4.69) is 21.2 Å². The second-order valence-electron chi connectivity index (χ2n) is 4.18. The third-order valence-corrected chi connectivity index (χ3v) is 3.27. The Morgan fingerprint density at radius 1 is 1.32 bits per heavy atom. The molecule has 19 heavy (non-hydrogen) atoms. The van der Waals surface area contributed by atoms with Crippen molar-refractivity contribution < 1.29 is 14.5 Å². The molecule has 1 aromatic heterocycles. The average Bonchev–Trinajstić information content (AvgIpc) is 2.40. The van der Waals surface area contributed by atoms with Gasteiger partial charge in [-0.1, -0.05) is 15.9 Å². The third-order valence-electron chi connectivity index (χ3n) is 2.74. The lowest BCUT2D eigenvalue weighted by molar-refractivity contribution is -0.705. The van der Waals surface area contributed by atoms with Crippen molar-refractivity contribution in [3.63, 3.8) is 0 Å². The van der Waals surface area contributed by atoms with Gasteiger partial charge in [-0.25, -0.2) is 0 Å². The highest BCUT2D eigenvalue weighted by Gasteiger charge is 2.22. The molecule has 1 aromatic carbocycles. The number of pyridine rings is 1. The molecule has 98 valence electrons. The Morgan fingerprint density at radius 2 is 2.00 bits per heavy atom. The molecule has 1 heterocycles. The number of hydrogen-bond acceptors (Lipinski definition) is 2. The van der Waals surface area contributed by atoms with Crippen LogP contribution in [-0.2, 0) is 4.79 Å². The Balaban J connectivity index is 2.09. The number of benzene rings is 1. The second kappa shape index (κ2) is 5.84. The van der Waals surface area contributed by atoms with Crippen LogP contribution in [0.25, 0.3) is 0 Å². The van der Waals surface area contributed by atoms with E-state index in [0.717, 1.165) is 10.2 Å². The van der Waals surface area contributed by atoms with Gasteiger partial charge >= 0.3 is 0 Å². The molecule has 0 saturated heterocycles. The number of halogens is 1. The molecular formula is C14H14BrN2O2+. The van der Waals surface area contributed by atoms with Crippen LogP contribution >= 0.6 is 15.9 Å². The van der Waals surface area contributed by atoms with Gasteiger partial charge in [0, 0.05) is 23.2 Å². The second-order valence-corrected chi connectivity index (χ2v) is 5.10. The Labute approximate surface area is 119 Å². The van der Waals surface area contributed by atoms with E-state index in [4.69, 9.17) is 0 Å². The predicted octanol–water partition coefficient (Wildman–Crippen LogP) is 2.64. The van der Waals surface area contributed by atoms with E-state index in [9.17, 15) is 9.90 Å². The van der Waals surface area contributed by atoms with Gasteiger partial charge in [0.05, 0.1) is 0 Å². The van der Waals surface area contributed by atoms with Crippen LogP contribution in [-0.4, -0.2) is 11.0 Å². The van der Waals surface area contributed by atoms with Gasteiger partial charge in [0.1, 0.15) is 0 Å². The minimum absolute atomic E-state index is 0.130. The van der Waals surface area contributed by atoms with Crippen molar-refractivity contribution in [2.24, 2.45) is 0 Å². The minimum Gasteiger partial charge on any atom is -0.503 e. The third kappa shape index (κ3) is 3.54. The van der Waals surface area contributed by atoms with Crippen LogP contribution in [0.3, 0.4) is 0 Å². The highest BCUT2D eigenvalue weighted by Crippen LogP contribution is 2.15. The number of carbonyl (C=O) groups is 1.